The fourth-order valence-corrected chi connectivity index (χ4v) is 2.13. The maximum atomic E-state index is 11.7. The van der Waals surface area contributed by atoms with Crippen LogP contribution in [-0.4, -0.2) is 70.5 Å². The molecule has 7 nitrogen and oxygen atoms in total. The van der Waals surface area contributed by atoms with Gasteiger partial charge in [0.25, 0.3) is 0 Å². The monoisotopic (exact) mass is 318 g/mol. The van der Waals surface area contributed by atoms with Crippen molar-refractivity contribution in [1.29, 1.82) is 0 Å². The molecule has 0 saturated heterocycles. The SMILES string of the molecule is COCCOCCOCCCNC(=O)N[C@H](C)C1(CO)CC1. The first-order valence-electron chi connectivity index (χ1n) is 7.94. The van der Waals surface area contributed by atoms with Crippen LogP contribution in [0.1, 0.15) is 26.2 Å². The van der Waals surface area contributed by atoms with Crippen molar-refractivity contribution in [3.63, 3.8) is 0 Å². The van der Waals surface area contributed by atoms with E-state index in [0.29, 0.717) is 39.6 Å². The lowest BCUT2D eigenvalue weighted by atomic mass is 9.99. The molecule has 0 radical (unpaired) electrons. The largest absolute Gasteiger partial charge is 0.396 e. The van der Waals surface area contributed by atoms with Crippen LogP contribution in [-0.2, 0) is 14.2 Å². The van der Waals surface area contributed by atoms with Crippen LogP contribution >= 0.6 is 0 Å². The van der Waals surface area contributed by atoms with Crippen molar-refractivity contribution >= 4 is 6.03 Å². The van der Waals surface area contributed by atoms with E-state index in [-0.39, 0.29) is 24.1 Å². The molecule has 1 rings (SSSR count). The molecule has 2 amide bonds. The van der Waals surface area contributed by atoms with Crippen LogP contribution in [0.15, 0.2) is 0 Å². The number of carbonyl (C=O) groups excluding carboxylic acids is 1. The van der Waals surface area contributed by atoms with Gasteiger partial charge in [0, 0.05) is 31.7 Å². The van der Waals surface area contributed by atoms with E-state index >= 15 is 0 Å². The molecular weight excluding hydrogens is 288 g/mol. The summed E-state index contributed by atoms with van der Waals surface area (Å²) in [6.07, 6.45) is 2.71. The molecule has 7 heteroatoms. The highest BCUT2D eigenvalue weighted by atomic mass is 16.5. The van der Waals surface area contributed by atoms with Crippen LogP contribution < -0.4 is 10.6 Å². The summed E-state index contributed by atoms with van der Waals surface area (Å²) >= 11 is 0. The quantitative estimate of drug-likeness (QED) is 0.431. The first-order valence-corrected chi connectivity index (χ1v) is 7.94. The van der Waals surface area contributed by atoms with Gasteiger partial charge in [0.15, 0.2) is 0 Å². The number of nitrogens with one attached hydrogen (secondary N) is 2. The summed E-state index contributed by atoms with van der Waals surface area (Å²) in [5, 5.41) is 15.0. The number of rotatable bonds is 13. The molecule has 1 aliphatic carbocycles. The van der Waals surface area contributed by atoms with Gasteiger partial charge in [0.1, 0.15) is 0 Å². The van der Waals surface area contributed by atoms with Crippen LogP contribution in [0.4, 0.5) is 4.79 Å². The Labute approximate surface area is 132 Å². The Kier molecular flexibility index (Phi) is 9.38. The normalized spacial score (nSPS) is 17.0. The van der Waals surface area contributed by atoms with Gasteiger partial charge in [-0.25, -0.2) is 4.79 Å². The highest BCUT2D eigenvalue weighted by molar-refractivity contribution is 5.74. The molecule has 0 heterocycles. The van der Waals surface area contributed by atoms with Gasteiger partial charge in [0.2, 0.25) is 0 Å². The van der Waals surface area contributed by atoms with Gasteiger partial charge in [-0.3, -0.25) is 0 Å². The average molecular weight is 318 g/mol. The molecule has 0 aromatic carbocycles. The summed E-state index contributed by atoms with van der Waals surface area (Å²) < 4.78 is 15.5. The predicted molar refractivity (Wildman–Crippen MR) is 82.9 cm³/mol. The minimum absolute atomic E-state index is 0.00185. The predicted octanol–water partition coefficient (Wildman–Crippen LogP) is 0.516. The minimum Gasteiger partial charge on any atom is -0.396 e. The zero-order chi connectivity index (χ0) is 16.3. The van der Waals surface area contributed by atoms with Gasteiger partial charge in [0.05, 0.1) is 33.0 Å². The number of urea groups is 1. The number of ether oxygens (including phenoxy) is 3. The van der Waals surface area contributed by atoms with E-state index < -0.39 is 0 Å². The smallest absolute Gasteiger partial charge is 0.315 e. The molecule has 1 atom stereocenters. The van der Waals surface area contributed by atoms with Crippen molar-refractivity contribution in [3.05, 3.63) is 0 Å². The van der Waals surface area contributed by atoms with Gasteiger partial charge < -0.3 is 30.0 Å². The summed E-state index contributed by atoms with van der Waals surface area (Å²) in [5.41, 5.74) is -0.0940. The second kappa shape index (κ2) is 10.8. The Morgan fingerprint density at radius 1 is 1.18 bits per heavy atom. The van der Waals surface area contributed by atoms with E-state index in [9.17, 15) is 9.90 Å². The molecule has 1 saturated carbocycles. The number of hydrogen-bond acceptors (Lipinski definition) is 5. The van der Waals surface area contributed by atoms with Crippen LogP contribution in [0.3, 0.4) is 0 Å². The number of aliphatic hydroxyl groups is 1. The highest BCUT2D eigenvalue weighted by Crippen LogP contribution is 2.47. The molecule has 0 unspecified atom stereocenters. The first-order chi connectivity index (χ1) is 10.6. The third-order valence-electron chi connectivity index (χ3n) is 4.03. The summed E-state index contributed by atoms with van der Waals surface area (Å²) in [6.45, 7) is 5.50. The Morgan fingerprint density at radius 2 is 1.82 bits per heavy atom. The van der Waals surface area contributed by atoms with Crippen molar-refractivity contribution in [2.75, 3.05) is 53.3 Å². The summed E-state index contributed by atoms with van der Waals surface area (Å²) in [6, 6.07) is -0.187. The molecule has 1 aliphatic rings. The topological polar surface area (TPSA) is 89.0 Å². The zero-order valence-electron chi connectivity index (χ0n) is 13.7. The van der Waals surface area contributed by atoms with Gasteiger partial charge in [-0.15, -0.1) is 0 Å². The second-order valence-corrected chi connectivity index (χ2v) is 5.71. The third kappa shape index (κ3) is 7.40. The maximum absolute atomic E-state index is 11.7. The fraction of sp³-hybridized carbons (Fsp3) is 0.933. The van der Waals surface area contributed by atoms with Gasteiger partial charge in [-0.05, 0) is 26.2 Å². The summed E-state index contributed by atoms with van der Waals surface area (Å²) in [5.74, 6) is 0. The van der Waals surface area contributed by atoms with Crippen molar-refractivity contribution in [2.45, 2.75) is 32.2 Å². The Hall–Kier alpha value is -0.890. The molecule has 1 fully saturated rings. The summed E-state index contributed by atoms with van der Waals surface area (Å²) in [7, 11) is 1.64. The Bertz CT molecular complexity index is 310. The molecule has 0 aromatic rings. The fourth-order valence-electron chi connectivity index (χ4n) is 2.13. The molecule has 3 N–H and O–H groups in total. The van der Waals surface area contributed by atoms with Crippen LogP contribution in [0.2, 0.25) is 0 Å². The van der Waals surface area contributed by atoms with Crippen molar-refractivity contribution in [1.82, 2.24) is 10.6 Å². The number of aliphatic hydroxyl groups excluding tert-OH is 1. The number of amides is 2. The minimum atomic E-state index is -0.185. The van der Waals surface area contributed by atoms with Crippen LogP contribution in [0.25, 0.3) is 0 Å². The molecule has 0 aromatic heterocycles. The molecule has 0 aliphatic heterocycles. The van der Waals surface area contributed by atoms with Crippen molar-refractivity contribution in [2.24, 2.45) is 5.41 Å². The second-order valence-electron chi connectivity index (χ2n) is 5.71. The lowest BCUT2D eigenvalue weighted by Crippen LogP contribution is -2.46. The van der Waals surface area contributed by atoms with Gasteiger partial charge >= 0.3 is 6.03 Å². The van der Waals surface area contributed by atoms with Crippen LogP contribution in [0, 0.1) is 5.41 Å². The van der Waals surface area contributed by atoms with E-state index in [1.807, 2.05) is 6.92 Å². The lowest BCUT2D eigenvalue weighted by molar-refractivity contribution is 0.0244. The van der Waals surface area contributed by atoms with E-state index in [2.05, 4.69) is 10.6 Å². The van der Waals surface area contributed by atoms with Gasteiger partial charge in [-0.2, -0.15) is 0 Å². The molecule has 0 spiro atoms. The molecule has 130 valence electrons. The van der Waals surface area contributed by atoms with E-state index in [0.717, 1.165) is 19.3 Å². The highest BCUT2D eigenvalue weighted by Gasteiger charge is 2.47. The molecule has 22 heavy (non-hydrogen) atoms. The Balaban J connectivity index is 1.89. The zero-order valence-corrected chi connectivity index (χ0v) is 13.7. The molecule has 0 bridgehead atoms. The van der Waals surface area contributed by atoms with E-state index in [4.69, 9.17) is 14.2 Å². The Morgan fingerprint density at radius 3 is 2.41 bits per heavy atom. The van der Waals surface area contributed by atoms with E-state index in [1.54, 1.807) is 7.11 Å². The standard InChI is InChI=1S/C15H30N2O5/c1-13(15(12-18)4-5-15)17-14(19)16-6-3-7-21-10-11-22-9-8-20-2/h13,18H,3-12H2,1-2H3,(H2,16,17,19)/t13-/m1/s1. The first kappa shape index (κ1) is 19.2. The maximum Gasteiger partial charge on any atom is 0.315 e. The van der Waals surface area contributed by atoms with Crippen LogP contribution in [0.5, 0.6) is 0 Å². The third-order valence-corrected chi connectivity index (χ3v) is 4.03. The average Bonchev–Trinajstić information content (AvgIpc) is 3.30. The van der Waals surface area contributed by atoms with Crippen molar-refractivity contribution < 1.29 is 24.1 Å². The number of carbonyl (C=O) groups is 1. The number of methoxy groups -OCH3 is 1. The van der Waals surface area contributed by atoms with Gasteiger partial charge in [-0.1, -0.05) is 0 Å². The lowest BCUT2D eigenvalue weighted by Gasteiger charge is -2.22. The van der Waals surface area contributed by atoms with E-state index in [1.165, 1.54) is 0 Å². The summed E-state index contributed by atoms with van der Waals surface area (Å²) in [4.78, 5) is 11.7. The number of hydrogen-bond donors (Lipinski definition) is 3. The molecular formula is C15H30N2O5. The van der Waals surface area contributed by atoms with Crippen molar-refractivity contribution in [3.8, 4) is 0 Å².